The molecule has 8 rings (SSSR count). The zero-order valence-electron chi connectivity index (χ0n) is 45.2. The van der Waals surface area contributed by atoms with Crippen LogP contribution in [0, 0.1) is 24.2 Å². The molecule has 2 fully saturated rings. The number of nitrogens with one attached hydrogen (secondary N) is 2. The standard InChI is InChI=1S/C54H75N17O6.ClH/c1-6-25-75-27-29-77-30-28-76-26-16-57-52-59-53(68-21-17-66(18-22-68)50(73)48(34-41-33-40-10-8-9-11-45(40)58-41)70-35-46(62-64-70)43(55)31-37(3)4)61-54(60-52)69-23-19-67(20-24-69)51(74)49(38(5)7-2)71-36-47(63-65-71)44(56)32-39-12-14-42(72)15-13-39;/h1,8-15,33,35-38,43-44,48-49,58,72H,7,16-32,34,55-56H2,2-5H3,(H,57,59,60,61);1H/p-1/t38-,43-,44-,48-,49-;/m0./s1. The van der Waals surface area contributed by atoms with Crippen LogP contribution < -0.4 is 39.0 Å². The maximum atomic E-state index is 14.7. The van der Waals surface area contributed by atoms with Crippen LogP contribution in [-0.4, -0.2) is 175 Å². The minimum absolute atomic E-state index is 0. The topological polar surface area (TPSA) is 275 Å². The second-order valence-corrected chi connectivity index (χ2v) is 20.2. The van der Waals surface area contributed by atoms with Gasteiger partial charge in [0.05, 0.1) is 68.9 Å². The Morgan fingerprint density at radius 1 is 0.756 bits per heavy atom. The summed E-state index contributed by atoms with van der Waals surface area (Å²) in [6.07, 6.45) is 11.2. The predicted molar refractivity (Wildman–Crippen MR) is 292 cm³/mol. The van der Waals surface area contributed by atoms with Gasteiger partial charge in [-0.3, -0.25) is 9.59 Å². The Kier molecular flexibility index (Phi) is 21.5. The third-order valence-corrected chi connectivity index (χ3v) is 14.1. The van der Waals surface area contributed by atoms with Crippen LogP contribution in [0.1, 0.15) is 87.3 Å². The van der Waals surface area contributed by atoms with Crippen LogP contribution in [-0.2, 0) is 36.6 Å². The number of terminal acetylenes is 1. The van der Waals surface area contributed by atoms with Crippen LogP contribution in [0.5, 0.6) is 5.75 Å². The van der Waals surface area contributed by atoms with Crippen LogP contribution in [0.25, 0.3) is 10.9 Å². The van der Waals surface area contributed by atoms with E-state index in [1.807, 2.05) is 59.3 Å². The lowest BCUT2D eigenvalue weighted by Crippen LogP contribution is -3.00. The van der Waals surface area contributed by atoms with Gasteiger partial charge < -0.3 is 73.1 Å². The van der Waals surface area contributed by atoms with Crippen LogP contribution >= 0.6 is 0 Å². The number of anilines is 3. The summed E-state index contributed by atoms with van der Waals surface area (Å²) in [5.41, 5.74) is 17.2. The molecule has 420 valence electrons. The number of aromatic nitrogens is 10. The number of nitrogens with zero attached hydrogens (tertiary/aromatic N) is 13. The summed E-state index contributed by atoms with van der Waals surface area (Å²) in [6.45, 7) is 14.6. The fourth-order valence-corrected chi connectivity index (χ4v) is 9.59. The van der Waals surface area contributed by atoms with E-state index >= 15 is 0 Å². The highest BCUT2D eigenvalue weighted by Gasteiger charge is 2.35. The van der Waals surface area contributed by atoms with Gasteiger partial charge in [0, 0.05) is 76.5 Å². The lowest BCUT2D eigenvalue weighted by molar-refractivity contribution is -0.137. The van der Waals surface area contributed by atoms with E-state index in [4.69, 9.17) is 47.1 Å². The number of phenols is 1. The van der Waals surface area contributed by atoms with E-state index < -0.39 is 18.1 Å². The smallest absolute Gasteiger partial charge is 0.248 e. The number of aromatic hydroxyl groups is 1. The van der Waals surface area contributed by atoms with Crippen molar-refractivity contribution in [1.29, 1.82) is 0 Å². The number of ether oxygens (including phenoxy) is 3. The third-order valence-electron chi connectivity index (χ3n) is 14.1. The molecule has 78 heavy (non-hydrogen) atoms. The van der Waals surface area contributed by atoms with Gasteiger partial charge in [0.1, 0.15) is 24.4 Å². The number of rotatable bonds is 27. The Bertz CT molecular complexity index is 2820. The molecule has 2 aromatic carbocycles. The highest BCUT2D eigenvalue weighted by Crippen LogP contribution is 2.28. The van der Waals surface area contributed by atoms with Gasteiger partial charge in [-0.2, -0.15) is 15.0 Å². The quantitative estimate of drug-likeness (QED) is 0.0351. The fraction of sp³-hybridized carbons (Fsp3) is 0.537. The number of amides is 2. The van der Waals surface area contributed by atoms with E-state index in [9.17, 15) is 14.7 Å². The number of para-hydroxylation sites is 1. The molecule has 24 heteroatoms. The number of halogens is 1. The summed E-state index contributed by atoms with van der Waals surface area (Å²) >= 11 is 0. The van der Waals surface area contributed by atoms with Gasteiger partial charge in [-0.25, -0.2) is 9.36 Å². The summed E-state index contributed by atoms with van der Waals surface area (Å²) in [5, 5.41) is 31.9. The van der Waals surface area contributed by atoms with Crippen molar-refractivity contribution in [2.45, 2.75) is 77.5 Å². The average Bonchev–Trinajstić information content (AvgIpc) is 4.26. The van der Waals surface area contributed by atoms with E-state index in [0.717, 1.165) is 35.0 Å². The van der Waals surface area contributed by atoms with Crippen molar-refractivity contribution >= 4 is 40.6 Å². The van der Waals surface area contributed by atoms with Crippen LogP contribution in [0.2, 0.25) is 0 Å². The van der Waals surface area contributed by atoms with Crippen molar-refractivity contribution in [2.75, 3.05) is 114 Å². The molecule has 2 aliphatic heterocycles. The van der Waals surface area contributed by atoms with Crippen LogP contribution in [0.4, 0.5) is 17.8 Å². The number of carbonyl (C=O) groups excluding carboxylic acids is 2. The van der Waals surface area contributed by atoms with E-state index in [0.29, 0.717) is 140 Å². The van der Waals surface area contributed by atoms with Crippen molar-refractivity contribution in [3.05, 3.63) is 89.6 Å². The summed E-state index contributed by atoms with van der Waals surface area (Å²) < 4.78 is 20.0. The Morgan fingerprint density at radius 2 is 1.35 bits per heavy atom. The molecule has 0 spiro atoms. The predicted octanol–water partition coefficient (Wildman–Crippen LogP) is 0.697. The molecule has 4 aromatic heterocycles. The normalized spacial score (nSPS) is 15.9. The van der Waals surface area contributed by atoms with E-state index in [1.165, 1.54) is 0 Å². The molecule has 2 aliphatic rings. The number of H-pyrrole nitrogens is 1. The van der Waals surface area contributed by atoms with Gasteiger partial charge in [-0.15, -0.1) is 16.6 Å². The molecule has 2 amide bonds. The van der Waals surface area contributed by atoms with Gasteiger partial charge in [0.15, 0.2) is 0 Å². The molecule has 5 atom stereocenters. The Hall–Kier alpha value is -6.94. The molecule has 0 bridgehead atoms. The highest BCUT2D eigenvalue weighted by molar-refractivity contribution is 5.83. The number of piperazine rings is 2. The number of hydrogen-bond donors (Lipinski definition) is 5. The van der Waals surface area contributed by atoms with Crippen LogP contribution in [0.15, 0.2) is 67.0 Å². The lowest BCUT2D eigenvalue weighted by Gasteiger charge is -2.38. The van der Waals surface area contributed by atoms with Gasteiger partial charge in [-0.05, 0) is 59.9 Å². The molecule has 6 aromatic rings. The number of phenolic OH excluding ortho intramolecular Hbond substituents is 1. The molecule has 23 nitrogen and oxygen atoms in total. The maximum absolute atomic E-state index is 14.7. The van der Waals surface area contributed by atoms with Crippen molar-refractivity contribution in [1.82, 2.24) is 59.7 Å². The number of benzene rings is 2. The Balaban J connectivity index is 0.00000882. The van der Waals surface area contributed by atoms with Gasteiger partial charge >= 0.3 is 0 Å². The third kappa shape index (κ3) is 15.6. The Labute approximate surface area is 462 Å². The number of carbonyl (C=O) groups is 2. The number of fused-ring (bicyclic) bond motifs is 1. The molecule has 0 radical (unpaired) electrons. The van der Waals surface area contributed by atoms with Gasteiger partial charge in [0.25, 0.3) is 0 Å². The lowest BCUT2D eigenvalue weighted by atomic mass is 9.97. The highest BCUT2D eigenvalue weighted by atomic mass is 35.5. The molecule has 0 aliphatic carbocycles. The number of nitrogens with two attached hydrogens (primary N) is 2. The first-order valence-electron chi connectivity index (χ1n) is 26.8. The molecular weight excluding hydrogens is 1020 g/mol. The van der Waals surface area contributed by atoms with Gasteiger partial charge in [0.2, 0.25) is 29.7 Å². The number of aromatic amines is 1. The molecule has 0 unspecified atom stereocenters. The first-order chi connectivity index (χ1) is 37.4. The van der Waals surface area contributed by atoms with Crippen molar-refractivity contribution in [3.8, 4) is 18.1 Å². The van der Waals surface area contributed by atoms with E-state index in [-0.39, 0.29) is 48.5 Å². The maximum Gasteiger partial charge on any atom is 0.248 e. The van der Waals surface area contributed by atoms with Gasteiger partial charge in [-0.1, -0.05) is 80.8 Å². The molecule has 6 heterocycles. The zero-order chi connectivity index (χ0) is 54.3. The average molecular weight is 1090 g/mol. The minimum atomic E-state index is -0.663. The Morgan fingerprint density at radius 3 is 1.97 bits per heavy atom. The van der Waals surface area contributed by atoms with Crippen LogP contribution in [0.3, 0.4) is 0 Å². The number of hydrogen-bond acceptors (Lipinski definition) is 18. The summed E-state index contributed by atoms with van der Waals surface area (Å²) in [5.74, 6) is 4.17. The fourth-order valence-electron chi connectivity index (χ4n) is 9.59. The largest absolute Gasteiger partial charge is 1.00 e. The SMILES string of the molecule is C#CCOCCOCCOCCNc1nc(N2CCN(C(=O)[C@H]([C@@H](C)CC)n3cc([C@@H](N)Cc4ccc(O)cc4)nn3)CC2)nc(N2CCN(C(=O)[C@H](Cc3cc4ccccc4[nH]3)n3cc([C@@H](N)CC(C)C)nn3)CC2)n1.[Cl-]. The molecular formula is C54H75ClN17O6-. The monoisotopic (exact) mass is 1090 g/mol. The first kappa shape index (κ1) is 58.7. The van der Waals surface area contributed by atoms with E-state index in [1.54, 1.807) is 27.7 Å². The second kappa shape index (κ2) is 28.6. The summed E-state index contributed by atoms with van der Waals surface area (Å²) in [7, 11) is 0. The summed E-state index contributed by atoms with van der Waals surface area (Å²) in [6, 6.07) is 15.1. The second-order valence-electron chi connectivity index (χ2n) is 20.2. The first-order valence-corrected chi connectivity index (χ1v) is 26.8. The minimum Gasteiger partial charge on any atom is -1.00 e. The molecule has 7 N–H and O–H groups in total. The molecule has 2 saturated heterocycles. The van der Waals surface area contributed by atoms with Crippen molar-refractivity contribution in [2.24, 2.45) is 23.3 Å². The van der Waals surface area contributed by atoms with E-state index in [2.05, 4.69) is 73.5 Å². The summed E-state index contributed by atoms with van der Waals surface area (Å²) in [4.78, 5) is 55.4. The molecule has 0 saturated carbocycles. The zero-order valence-corrected chi connectivity index (χ0v) is 45.9. The van der Waals surface area contributed by atoms with Crippen molar-refractivity contribution < 1.29 is 41.3 Å². The van der Waals surface area contributed by atoms with Crippen molar-refractivity contribution in [3.63, 3.8) is 0 Å².